The summed E-state index contributed by atoms with van der Waals surface area (Å²) in [5, 5.41) is 4.35. The summed E-state index contributed by atoms with van der Waals surface area (Å²) in [4.78, 5) is 7.33. The van der Waals surface area contributed by atoms with Crippen LogP contribution >= 0.6 is 11.8 Å². The van der Waals surface area contributed by atoms with Crippen molar-refractivity contribution in [2.24, 2.45) is 0 Å². The van der Waals surface area contributed by atoms with E-state index >= 15 is 0 Å². The number of nitrogens with one attached hydrogen (secondary N) is 2. The summed E-state index contributed by atoms with van der Waals surface area (Å²) in [7, 11) is 1.71. The molecule has 2 N–H and O–H groups in total. The summed E-state index contributed by atoms with van der Waals surface area (Å²) < 4.78 is 5.06. The topological polar surface area (TPSA) is 49.9 Å². The van der Waals surface area contributed by atoms with Crippen LogP contribution in [0.2, 0.25) is 0 Å². The van der Waals surface area contributed by atoms with E-state index in [0.29, 0.717) is 6.61 Å². The Kier molecular flexibility index (Phi) is 5.30. The number of methoxy groups -OCH3 is 1. The number of hydrogen-bond donors (Lipinski definition) is 2. The lowest BCUT2D eigenvalue weighted by molar-refractivity contribution is 0.211. The van der Waals surface area contributed by atoms with Gasteiger partial charge in [0.2, 0.25) is 0 Å². The van der Waals surface area contributed by atoms with Crippen molar-refractivity contribution in [1.29, 1.82) is 0 Å². The fraction of sp³-hybridized carbons (Fsp3) is 0.357. The lowest BCUT2D eigenvalue weighted by atomic mass is 10.1. The largest absolute Gasteiger partial charge is 0.383 e. The fourth-order valence-electron chi connectivity index (χ4n) is 1.78. The lowest BCUT2D eigenvalue weighted by Gasteiger charge is -2.12. The van der Waals surface area contributed by atoms with Gasteiger partial charge >= 0.3 is 0 Å². The minimum absolute atomic E-state index is 0.707. The number of aryl methyl sites for hydroxylation is 1. The SMILES string of the molecule is COCCNc1ccc(C)cc1CSc1ncc[nH]1. The van der Waals surface area contributed by atoms with E-state index in [-0.39, 0.29) is 0 Å². The first-order valence-corrected chi connectivity index (χ1v) is 7.22. The Morgan fingerprint density at radius 3 is 3.05 bits per heavy atom. The molecule has 0 spiro atoms. The van der Waals surface area contributed by atoms with Crippen molar-refractivity contribution >= 4 is 17.4 Å². The molecule has 1 heterocycles. The number of aromatic nitrogens is 2. The normalized spacial score (nSPS) is 10.6. The van der Waals surface area contributed by atoms with E-state index in [2.05, 4.69) is 40.4 Å². The summed E-state index contributed by atoms with van der Waals surface area (Å²) >= 11 is 1.70. The highest BCUT2D eigenvalue weighted by atomic mass is 32.2. The number of anilines is 1. The van der Waals surface area contributed by atoms with E-state index in [4.69, 9.17) is 4.74 Å². The molecule has 0 radical (unpaired) electrons. The summed E-state index contributed by atoms with van der Waals surface area (Å²) in [5.74, 6) is 0.893. The molecule has 0 amide bonds. The molecule has 0 fully saturated rings. The number of benzene rings is 1. The smallest absolute Gasteiger partial charge is 0.165 e. The Balaban J connectivity index is 2.01. The maximum Gasteiger partial charge on any atom is 0.165 e. The third kappa shape index (κ3) is 4.29. The first-order chi connectivity index (χ1) is 9.29. The average molecular weight is 277 g/mol. The van der Waals surface area contributed by atoms with E-state index in [1.165, 1.54) is 16.8 Å². The maximum atomic E-state index is 5.06. The molecule has 0 aliphatic carbocycles. The molecule has 0 saturated heterocycles. The van der Waals surface area contributed by atoms with Gasteiger partial charge < -0.3 is 15.0 Å². The van der Waals surface area contributed by atoms with E-state index in [1.807, 2.05) is 6.20 Å². The van der Waals surface area contributed by atoms with Crippen LogP contribution in [0.1, 0.15) is 11.1 Å². The molecule has 1 aromatic heterocycles. The van der Waals surface area contributed by atoms with Crippen LogP contribution in [0.3, 0.4) is 0 Å². The lowest BCUT2D eigenvalue weighted by Crippen LogP contribution is -2.09. The third-order valence-electron chi connectivity index (χ3n) is 2.72. The monoisotopic (exact) mass is 277 g/mol. The molecule has 0 aliphatic rings. The zero-order chi connectivity index (χ0) is 13.5. The van der Waals surface area contributed by atoms with Gasteiger partial charge in [-0.2, -0.15) is 0 Å². The second kappa shape index (κ2) is 7.21. The Labute approximate surface area is 118 Å². The number of nitrogens with zero attached hydrogens (tertiary/aromatic N) is 1. The molecule has 0 bridgehead atoms. The average Bonchev–Trinajstić information content (AvgIpc) is 2.92. The van der Waals surface area contributed by atoms with Crippen LogP contribution in [0.25, 0.3) is 0 Å². The first-order valence-electron chi connectivity index (χ1n) is 6.24. The highest BCUT2D eigenvalue weighted by molar-refractivity contribution is 7.98. The van der Waals surface area contributed by atoms with Gasteiger partial charge in [0, 0.05) is 37.5 Å². The highest BCUT2D eigenvalue weighted by Gasteiger charge is 2.04. The molecule has 0 unspecified atom stereocenters. The van der Waals surface area contributed by atoms with E-state index in [9.17, 15) is 0 Å². The fourth-order valence-corrected chi connectivity index (χ4v) is 2.60. The number of imidazole rings is 1. The Morgan fingerprint density at radius 2 is 2.32 bits per heavy atom. The van der Waals surface area contributed by atoms with E-state index in [1.54, 1.807) is 25.1 Å². The number of H-pyrrole nitrogens is 1. The van der Waals surface area contributed by atoms with Crippen molar-refractivity contribution in [2.75, 3.05) is 25.6 Å². The van der Waals surface area contributed by atoms with Gasteiger partial charge in [0.15, 0.2) is 5.16 Å². The third-order valence-corrected chi connectivity index (χ3v) is 3.67. The zero-order valence-electron chi connectivity index (χ0n) is 11.3. The minimum atomic E-state index is 0.707. The van der Waals surface area contributed by atoms with Crippen molar-refractivity contribution in [2.45, 2.75) is 17.8 Å². The Bertz CT molecular complexity index is 499. The van der Waals surface area contributed by atoms with Crippen LogP contribution in [0.15, 0.2) is 35.7 Å². The number of aromatic amines is 1. The molecule has 0 atom stereocenters. The Hall–Kier alpha value is -1.46. The van der Waals surface area contributed by atoms with Crippen molar-refractivity contribution in [3.63, 3.8) is 0 Å². The van der Waals surface area contributed by atoms with Crippen LogP contribution in [0, 0.1) is 6.92 Å². The number of ether oxygens (including phenoxy) is 1. The van der Waals surface area contributed by atoms with Gasteiger partial charge in [-0.05, 0) is 18.6 Å². The molecular formula is C14H19N3OS. The van der Waals surface area contributed by atoms with Gasteiger partial charge in [0.05, 0.1) is 6.61 Å². The van der Waals surface area contributed by atoms with Crippen LogP contribution in [-0.2, 0) is 10.5 Å². The van der Waals surface area contributed by atoms with Crippen molar-refractivity contribution in [3.05, 3.63) is 41.7 Å². The molecule has 19 heavy (non-hydrogen) atoms. The quantitative estimate of drug-likeness (QED) is 0.603. The molecular weight excluding hydrogens is 258 g/mol. The summed E-state index contributed by atoms with van der Waals surface area (Å²) in [6.45, 7) is 3.64. The maximum absolute atomic E-state index is 5.06. The first kappa shape index (κ1) is 14.0. The molecule has 0 aliphatic heterocycles. The van der Waals surface area contributed by atoms with Gasteiger partial charge in [-0.15, -0.1) is 0 Å². The van der Waals surface area contributed by atoms with Gasteiger partial charge in [0.1, 0.15) is 0 Å². The van der Waals surface area contributed by atoms with Gasteiger partial charge in [-0.3, -0.25) is 0 Å². The summed E-state index contributed by atoms with van der Waals surface area (Å²) in [6, 6.07) is 6.46. The number of hydrogen-bond acceptors (Lipinski definition) is 4. The second-order valence-electron chi connectivity index (χ2n) is 4.26. The van der Waals surface area contributed by atoms with E-state index < -0.39 is 0 Å². The van der Waals surface area contributed by atoms with Crippen molar-refractivity contribution in [1.82, 2.24) is 9.97 Å². The highest BCUT2D eigenvalue weighted by Crippen LogP contribution is 2.25. The summed E-state index contributed by atoms with van der Waals surface area (Å²) in [5.41, 5.74) is 3.73. The van der Waals surface area contributed by atoms with Crippen LogP contribution in [-0.4, -0.2) is 30.2 Å². The van der Waals surface area contributed by atoms with Crippen LogP contribution in [0.4, 0.5) is 5.69 Å². The number of thioether (sulfide) groups is 1. The van der Waals surface area contributed by atoms with Gasteiger partial charge in [0.25, 0.3) is 0 Å². The minimum Gasteiger partial charge on any atom is -0.383 e. The molecule has 102 valence electrons. The predicted molar refractivity (Wildman–Crippen MR) is 79.7 cm³/mol. The van der Waals surface area contributed by atoms with Crippen molar-refractivity contribution < 1.29 is 4.74 Å². The van der Waals surface area contributed by atoms with Gasteiger partial charge in [-0.1, -0.05) is 29.5 Å². The number of rotatable bonds is 7. The van der Waals surface area contributed by atoms with Crippen LogP contribution in [0.5, 0.6) is 0 Å². The predicted octanol–water partition coefficient (Wildman–Crippen LogP) is 3.07. The molecule has 4 nitrogen and oxygen atoms in total. The molecule has 0 saturated carbocycles. The zero-order valence-corrected chi connectivity index (χ0v) is 12.1. The Morgan fingerprint density at radius 1 is 1.42 bits per heavy atom. The molecule has 2 aromatic rings. The molecule has 5 heteroatoms. The van der Waals surface area contributed by atoms with Crippen molar-refractivity contribution in [3.8, 4) is 0 Å². The molecule has 1 aromatic carbocycles. The summed E-state index contributed by atoms with van der Waals surface area (Å²) in [6.07, 6.45) is 3.62. The van der Waals surface area contributed by atoms with Crippen LogP contribution < -0.4 is 5.32 Å². The van der Waals surface area contributed by atoms with Gasteiger partial charge in [-0.25, -0.2) is 4.98 Å². The molecule has 2 rings (SSSR count). The second-order valence-corrected chi connectivity index (χ2v) is 5.23. The van der Waals surface area contributed by atoms with E-state index in [0.717, 1.165) is 17.5 Å². The standard InChI is InChI=1S/C14H19N3OS/c1-11-3-4-13(15-7-8-18-2)12(9-11)10-19-14-16-5-6-17-14/h3-6,9,15H,7-8,10H2,1-2H3,(H,16,17).